The van der Waals surface area contributed by atoms with Crippen LogP contribution in [-0.2, 0) is 4.79 Å². The Balaban J connectivity index is 2.04. The summed E-state index contributed by atoms with van der Waals surface area (Å²) in [6.45, 7) is 2.48. The van der Waals surface area contributed by atoms with E-state index in [-0.39, 0.29) is 17.9 Å². The van der Waals surface area contributed by atoms with E-state index in [2.05, 4.69) is 26.6 Å². The summed E-state index contributed by atoms with van der Waals surface area (Å²) in [4.78, 5) is 22.9. The maximum Gasteiger partial charge on any atom is 0.251 e. The molecule has 0 bridgehead atoms. The molecule has 17 heavy (non-hydrogen) atoms. The Labute approximate surface area is 108 Å². The van der Waals surface area contributed by atoms with Crippen molar-refractivity contribution in [1.29, 1.82) is 0 Å². The summed E-state index contributed by atoms with van der Waals surface area (Å²) in [5.74, 6) is -0.160. The lowest BCUT2D eigenvalue weighted by Crippen LogP contribution is -2.36. The minimum atomic E-state index is -0.146. The highest BCUT2D eigenvalue weighted by atomic mass is 79.9. The normalized spacial score (nSPS) is 18.9. The van der Waals surface area contributed by atoms with Gasteiger partial charge in [0.25, 0.3) is 5.91 Å². The van der Waals surface area contributed by atoms with Gasteiger partial charge in [-0.1, -0.05) is 22.0 Å². The van der Waals surface area contributed by atoms with Gasteiger partial charge < -0.3 is 10.6 Å². The molecule has 1 unspecified atom stereocenters. The van der Waals surface area contributed by atoms with Crippen LogP contribution >= 0.6 is 15.9 Å². The van der Waals surface area contributed by atoms with E-state index >= 15 is 0 Å². The molecule has 1 heterocycles. The molecular formula is C12H13BrN2O2. The van der Waals surface area contributed by atoms with Gasteiger partial charge in [-0.3, -0.25) is 9.59 Å². The monoisotopic (exact) mass is 296 g/mol. The lowest BCUT2D eigenvalue weighted by Gasteiger charge is -2.11. The van der Waals surface area contributed by atoms with Crippen LogP contribution in [0.1, 0.15) is 22.3 Å². The lowest BCUT2D eigenvalue weighted by molar-refractivity contribution is -0.119. The molecule has 0 aliphatic carbocycles. The minimum absolute atomic E-state index is 0.0135. The smallest absolute Gasteiger partial charge is 0.251 e. The van der Waals surface area contributed by atoms with Crippen molar-refractivity contribution in [2.24, 2.45) is 0 Å². The van der Waals surface area contributed by atoms with Crippen molar-refractivity contribution >= 4 is 27.7 Å². The van der Waals surface area contributed by atoms with Crippen molar-refractivity contribution in [3.63, 3.8) is 0 Å². The Morgan fingerprint density at radius 2 is 2.29 bits per heavy atom. The Bertz CT molecular complexity index is 474. The number of amides is 2. The number of nitrogens with one attached hydrogen (secondary N) is 2. The van der Waals surface area contributed by atoms with Crippen LogP contribution in [0, 0.1) is 6.92 Å². The van der Waals surface area contributed by atoms with Gasteiger partial charge in [0, 0.05) is 23.0 Å². The van der Waals surface area contributed by atoms with Gasteiger partial charge in [0.15, 0.2) is 0 Å². The molecule has 0 radical (unpaired) electrons. The van der Waals surface area contributed by atoms with Crippen LogP contribution in [0.4, 0.5) is 0 Å². The molecule has 1 aromatic carbocycles. The van der Waals surface area contributed by atoms with E-state index in [0.29, 0.717) is 18.5 Å². The van der Waals surface area contributed by atoms with Crippen molar-refractivity contribution in [3.8, 4) is 0 Å². The number of halogens is 1. The largest absolute Gasteiger partial charge is 0.354 e. The Morgan fingerprint density at radius 3 is 2.88 bits per heavy atom. The number of carbonyl (C=O) groups is 2. The molecular weight excluding hydrogens is 284 g/mol. The molecule has 1 aliphatic heterocycles. The molecule has 1 saturated heterocycles. The number of hydrogen-bond donors (Lipinski definition) is 2. The first-order valence-corrected chi connectivity index (χ1v) is 6.19. The van der Waals surface area contributed by atoms with Gasteiger partial charge in [0.05, 0.1) is 6.04 Å². The minimum Gasteiger partial charge on any atom is -0.354 e. The van der Waals surface area contributed by atoms with E-state index in [1.807, 2.05) is 13.0 Å². The van der Waals surface area contributed by atoms with Crippen molar-refractivity contribution in [1.82, 2.24) is 10.6 Å². The topological polar surface area (TPSA) is 58.2 Å². The summed E-state index contributed by atoms with van der Waals surface area (Å²) >= 11 is 3.39. The molecule has 5 heteroatoms. The molecule has 90 valence electrons. The van der Waals surface area contributed by atoms with Crippen molar-refractivity contribution < 1.29 is 9.59 Å². The highest BCUT2D eigenvalue weighted by molar-refractivity contribution is 9.10. The Kier molecular flexibility index (Phi) is 3.47. The molecule has 1 aromatic rings. The van der Waals surface area contributed by atoms with E-state index in [9.17, 15) is 9.59 Å². The van der Waals surface area contributed by atoms with Crippen LogP contribution in [0.15, 0.2) is 22.7 Å². The van der Waals surface area contributed by atoms with Crippen LogP contribution in [0.5, 0.6) is 0 Å². The molecule has 2 N–H and O–H groups in total. The van der Waals surface area contributed by atoms with Crippen molar-refractivity contribution in [3.05, 3.63) is 33.8 Å². The van der Waals surface area contributed by atoms with Crippen LogP contribution in [0.25, 0.3) is 0 Å². The van der Waals surface area contributed by atoms with Gasteiger partial charge in [-0.05, 0) is 24.6 Å². The highest BCUT2D eigenvalue weighted by Gasteiger charge is 2.23. The van der Waals surface area contributed by atoms with E-state index in [1.165, 1.54) is 0 Å². The number of hydrogen-bond acceptors (Lipinski definition) is 2. The number of aryl methyl sites for hydroxylation is 1. The average Bonchev–Trinajstić information content (AvgIpc) is 2.68. The summed E-state index contributed by atoms with van der Waals surface area (Å²) in [5.41, 5.74) is 1.68. The molecule has 1 aliphatic rings. The quantitative estimate of drug-likeness (QED) is 0.866. The van der Waals surface area contributed by atoms with Crippen LogP contribution < -0.4 is 10.6 Å². The number of rotatable bonds is 2. The maximum absolute atomic E-state index is 11.9. The summed E-state index contributed by atoms with van der Waals surface area (Å²) in [6, 6.07) is 5.35. The third-order valence-electron chi connectivity index (χ3n) is 2.75. The molecule has 0 spiro atoms. The predicted octanol–water partition coefficient (Wildman–Crippen LogP) is 1.38. The summed E-state index contributed by atoms with van der Waals surface area (Å²) in [6.07, 6.45) is 0.360. The number of benzene rings is 1. The second-order valence-electron chi connectivity index (χ2n) is 4.14. The predicted molar refractivity (Wildman–Crippen MR) is 67.8 cm³/mol. The van der Waals surface area contributed by atoms with Gasteiger partial charge in [-0.15, -0.1) is 0 Å². The molecule has 1 atom stereocenters. The third-order valence-corrected chi connectivity index (χ3v) is 3.60. The fourth-order valence-electron chi connectivity index (χ4n) is 1.71. The second-order valence-corrected chi connectivity index (χ2v) is 5.00. The SMILES string of the molecule is Cc1ccc(C(=O)NC2CNC(=O)C2)cc1Br. The Hall–Kier alpha value is -1.36. The van der Waals surface area contributed by atoms with E-state index in [1.54, 1.807) is 12.1 Å². The second kappa shape index (κ2) is 4.87. The highest BCUT2D eigenvalue weighted by Crippen LogP contribution is 2.17. The first kappa shape index (κ1) is 12.1. The van der Waals surface area contributed by atoms with Crippen LogP contribution in [0.2, 0.25) is 0 Å². The van der Waals surface area contributed by atoms with E-state index in [4.69, 9.17) is 0 Å². The fourth-order valence-corrected chi connectivity index (χ4v) is 2.09. The van der Waals surface area contributed by atoms with Gasteiger partial charge in [0.2, 0.25) is 5.91 Å². The molecule has 0 aromatic heterocycles. The zero-order valence-electron chi connectivity index (χ0n) is 9.42. The Morgan fingerprint density at radius 1 is 1.53 bits per heavy atom. The zero-order chi connectivity index (χ0) is 12.4. The lowest BCUT2D eigenvalue weighted by atomic mass is 10.1. The molecule has 0 saturated carbocycles. The molecule has 2 amide bonds. The van der Waals surface area contributed by atoms with Crippen molar-refractivity contribution in [2.75, 3.05) is 6.54 Å². The van der Waals surface area contributed by atoms with E-state index in [0.717, 1.165) is 10.0 Å². The van der Waals surface area contributed by atoms with Gasteiger partial charge in [0.1, 0.15) is 0 Å². The summed E-state index contributed by atoms with van der Waals surface area (Å²) in [5, 5.41) is 5.51. The summed E-state index contributed by atoms with van der Waals surface area (Å²) < 4.78 is 0.908. The molecule has 1 fully saturated rings. The van der Waals surface area contributed by atoms with Crippen LogP contribution in [0.3, 0.4) is 0 Å². The average molecular weight is 297 g/mol. The standard InChI is InChI=1S/C12H13BrN2O2/c1-7-2-3-8(4-10(7)13)12(17)15-9-5-11(16)14-6-9/h2-4,9H,5-6H2,1H3,(H,14,16)(H,15,17). The first-order valence-electron chi connectivity index (χ1n) is 5.40. The van der Waals surface area contributed by atoms with Gasteiger partial charge in [-0.2, -0.15) is 0 Å². The first-order chi connectivity index (χ1) is 8.06. The van der Waals surface area contributed by atoms with Crippen LogP contribution in [-0.4, -0.2) is 24.4 Å². The van der Waals surface area contributed by atoms with Gasteiger partial charge >= 0.3 is 0 Å². The summed E-state index contributed by atoms with van der Waals surface area (Å²) in [7, 11) is 0. The van der Waals surface area contributed by atoms with E-state index < -0.39 is 0 Å². The number of carbonyl (C=O) groups excluding carboxylic acids is 2. The fraction of sp³-hybridized carbons (Fsp3) is 0.333. The molecule has 4 nitrogen and oxygen atoms in total. The maximum atomic E-state index is 11.9. The third kappa shape index (κ3) is 2.85. The molecule has 2 rings (SSSR count). The van der Waals surface area contributed by atoms with Crippen molar-refractivity contribution in [2.45, 2.75) is 19.4 Å². The zero-order valence-corrected chi connectivity index (χ0v) is 11.0. The van der Waals surface area contributed by atoms with Gasteiger partial charge in [-0.25, -0.2) is 0 Å².